The molecule has 2 heterocycles. The third-order valence-electron chi connectivity index (χ3n) is 5.60. The van der Waals surface area contributed by atoms with Gasteiger partial charge in [-0.05, 0) is 54.4 Å². The fourth-order valence-electron chi connectivity index (χ4n) is 3.75. The van der Waals surface area contributed by atoms with Crippen molar-refractivity contribution >= 4 is 11.7 Å². The molecule has 1 aliphatic rings. The molecule has 1 N–H and O–H groups in total. The molecule has 178 valence electrons. The average Bonchev–Trinajstić information content (AvgIpc) is 3.50. The zero-order valence-electron chi connectivity index (χ0n) is 18.8. The zero-order chi connectivity index (χ0) is 24.4. The summed E-state index contributed by atoms with van der Waals surface area (Å²) in [7, 11) is 0. The Morgan fingerprint density at radius 3 is 2.37 bits per heavy atom. The number of benzene rings is 3. The molecule has 1 atom stereocenters. The Kier molecular flexibility index (Phi) is 5.98. The molecule has 1 unspecified atom stereocenters. The molecule has 0 saturated heterocycles. The van der Waals surface area contributed by atoms with E-state index < -0.39 is 12.6 Å². The van der Waals surface area contributed by atoms with E-state index >= 15 is 0 Å². The van der Waals surface area contributed by atoms with Crippen LogP contribution in [0, 0.1) is 6.92 Å². The van der Waals surface area contributed by atoms with Crippen LogP contribution in [-0.4, -0.2) is 33.6 Å². The fourth-order valence-corrected chi connectivity index (χ4v) is 3.75. The molecule has 1 aliphatic heterocycles. The molecule has 0 fully saturated rings. The lowest BCUT2D eigenvalue weighted by Gasteiger charge is -2.07. The van der Waals surface area contributed by atoms with Crippen molar-refractivity contribution in [1.82, 2.24) is 14.8 Å². The number of ether oxygens (including phenoxy) is 1. The van der Waals surface area contributed by atoms with Crippen LogP contribution in [0.4, 0.5) is 18.9 Å². The first-order chi connectivity index (χ1) is 16.8. The maximum atomic E-state index is 12.6. The van der Waals surface area contributed by atoms with Gasteiger partial charge in [0.1, 0.15) is 19.0 Å². The molecule has 0 amide bonds. The third kappa shape index (κ3) is 5.51. The number of aryl methyl sites for hydroxylation is 1. The molecule has 9 heteroatoms. The summed E-state index contributed by atoms with van der Waals surface area (Å²) in [5.41, 5.74) is 4.76. The maximum Gasteiger partial charge on any atom is 0.393 e. The van der Waals surface area contributed by atoms with Crippen LogP contribution < -0.4 is 5.32 Å². The Morgan fingerprint density at radius 1 is 0.971 bits per heavy atom. The molecule has 5 rings (SSSR count). The van der Waals surface area contributed by atoms with Gasteiger partial charge in [0, 0.05) is 11.3 Å². The number of nitrogens with zero attached hydrogens (tertiary/aromatic N) is 4. The van der Waals surface area contributed by atoms with Crippen molar-refractivity contribution in [3.8, 4) is 17.1 Å². The first-order valence-corrected chi connectivity index (χ1v) is 11.0. The summed E-state index contributed by atoms with van der Waals surface area (Å²) in [5, 5.41) is 7.64. The highest BCUT2D eigenvalue weighted by atomic mass is 19.4. The van der Waals surface area contributed by atoms with Crippen molar-refractivity contribution in [2.75, 3.05) is 11.9 Å². The second-order valence-corrected chi connectivity index (χ2v) is 8.35. The second-order valence-electron chi connectivity index (χ2n) is 8.35. The minimum atomic E-state index is -4.23. The second kappa shape index (κ2) is 9.25. The number of hydrogen-bond acceptors (Lipinski definition) is 5. The van der Waals surface area contributed by atoms with Gasteiger partial charge in [-0.25, -0.2) is 14.7 Å². The van der Waals surface area contributed by atoms with Crippen molar-refractivity contribution in [2.24, 2.45) is 4.99 Å². The minimum Gasteiger partial charge on any atom is -0.462 e. The molecule has 0 radical (unpaired) electrons. The predicted octanol–water partition coefficient (Wildman–Crippen LogP) is 5.89. The van der Waals surface area contributed by atoms with Gasteiger partial charge in [0.05, 0.1) is 12.1 Å². The van der Waals surface area contributed by atoms with E-state index in [9.17, 15) is 13.2 Å². The van der Waals surface area contributed by atoms with E-state index in [1.165, 1.54) is 28.7 Å². The molecule has 6 nitrogen and oxygen atoms in total. The summed E-state index contributed by atoms with van der Waals surface area (Å²) in [6.07, 6.45) is -3.66. The van der Waals surface area contributed by atoms with E-state index in [1.54, 1.807) is 12.1 Å². The van der Waals surface area contributed by atoms with Gasteiger partial charge in [-0.3, -0.25) is 0 Å². The highest BCUT2D eigenvalue weighted by Crippen LogP contribution is 2.25. The highest BCUT2D eigenvalue weighted by Gasteiger charge is 2.27. The molecule has 1 aromatic heterocycles. The van der Waals surface area contributed by atoms with E-state index in [2.05, 4.69) is 44.7 Å². The monoisotopic (exact) mass is 477 g/mol. The molecular formula is C26H22F3N5O. The Balaban J connectivity index is 1.23. The van der Waals surface area contributed by atoms with Gasteiger partial charge in [0.25, 0.3) is 6.02 Å². The molecule has 0 bridgehead atoms. The number of rotatable bonds is 5. The average molecular weight is 477 g/mol. The maximum absolute atomic E-state index is 12.6. The standard InChI is InChI=1S/C26H22F3N5O/c1-17-2-6-19(7-3-17)23-15-35-25(32-23)31-21-10-8-20(9-11-21)24-30-16-34(33-24)22-12-4-18(5-13-22)14-26(27,28)29/h2-13,16,23H,14-15H2,1H3,(H,31,32). The van der Waals surface area contributed by atoms with Crippen LogP contribution in [-0.2, 0) is 11.2 Å². The van der Waals surface area contributed by atoms with Crippen molar-refractivity contribution < 1.29 is 17.9 Å². The van der Waals surface area contributed by atoms with E-state index in [1.807, 2.05) is 31.2 Å². The smallest absolute Gasteiger partial charge is 0.393 e. The van der Waals surface area contributed by atoms with E-state index in [0.717, 1.165) is 16.8 Å². The number of alkyl halides is 3. The van der Waals surface area contributed by atoms with Gasteiger partial charge in [-0.2, -0.15) is 13.2 Å². The molecule has 0 spiro atoms. The SMILES string of the molecule is Cc1ccc(C2COC(Nc3ccc(-c4ncn(-c5ccc(CC(F)(F)F)cc5)n4)cc3)=N2)cc1. The van der Waals surface area contributed by atoms with E-state index in [-0.39, 0.29) is 11.6 Å². The summed E-state index contributed by atoms with van der Waals surface area (Å²) in [4.78, 5) is 8.95. The van der Waals surface area contributed by atoms with Gasteiger partial charge in [0.15, 0.2) is 5.82 Å². The van der Waals surface area contributed by atoms with E-state index in [4.69, 9.17) is 4.74 Å². The number of nitrogens with one attached hydrogen (secondary N) is 1. The Morgan fingerprint density at radius 2 is 1.69 bits per heavy atom. The summed E-state index contributed by atoms with van der Waals surface area (Å²) in [6, 6.07) is 22.3. The predicted molar refractivity (Wildman–Crippen MR) is 127 cm³/mol. The lowest BCUT2D eigenvalue weighted by Crippen LogP contribution is -2.11. The lowest BCUT2D eigenvalue weighted by molar-refractivity contribution is -0.127. The van der Waals surface area contributed by atoms with Gasteiger partial charge in [0.2, 0.25) is 0 Å². The molecule has 3 aromatic carbocycles. The number of amidine groups is 1. The molecular weight excluding hydrogens is 455 g/mol. The molecule has 0 aliphatic carbocycles. The van der Waals surface area contributed by atoms with Crippen LogP contribution in [0.5, 0.6) is 0 Å². The summed E-state index contributed by atoms with van der Waals surface area (Å²) in [5.74, 6) is 0.504. The number of hydrogen-bond donors (Lipinski definition) is 1. The van der Waals surface area contributed by atoms with Crippen molar-refractivity contribution in [1.29, 1.82) is 0 Å². The molecule has 0 saturated carbocycles. The molecule has 4 aromatic rings. The van der Waals surface area contributed by atoms with Gasteiger partial charge >= 0.3 is 6.18 Å². The topological polar surface area (TPSA) is 64.3 Å². The summed E-state index contributed by atoms with van der Waals surface area (Å²) >= 11 is 0. The zero-order valence-corrected chi connectivity index (χ0v) is 18.8. The van der Waals surface area contributed by atoms with Crippen LogP contribution in [0.2, 0.25) is 0 Å². The number of anilines is 1. The Hall–Kier alpha value is -4.14. The van der Waals surface area contributed by atoms with Crippen LogP contribution in [0.15, 0.2) is 84.1 Å². The number of aromatic nitrogens is 3. The van der Waals surface area contributed by atoms with Gasteiger partial charge in [-0.15, -0.1) is 5.10 Å². The number of aliphatic imine (C=N–C) groups is 1. The number of halogens is 3. The van der Waals surface area contributed by atoms with Crippen molar-refractivity contribution in [2.45, 2.75) is 25.6 Å². The third-order valence-corrected chi connectivity index (χ3v) is 5.60. The lowest BCUT2D eigenvalue weighted by atomic mass is 10.1. The first kappa shape index (κ1) is 22.6. The first-order valence-electron chi connectivity index (χ1n) is 11.0. The fraction of sp³-hybridized carbons (Fsp3) is 0.192. The van der Waals surface area contributed by atoms with Crippen LogP contribution >= 0.6 is 0 Å². The Labute approximate surface area is 200 Å². The van der Waals surface area contributed by atoms with Gasteiger partial charge in [-0.1, -0.05) is 42.0 Å². The minimum absolute atomic E-state index is 0.0342. The normalized spacial score (nSPS) is 15.5. The Bertz CT molecular complexity index is 1330. The molecule has 35 heavy (non-hydrogen) atoms. The van der Waals surface area contributed by atoms with Crippen molar-refractivity contribution in [3.63, 3.8) is 0 Å². The van der Waals surface area contributed by atoms with Crippen LogP contribution in [0.1, 0.15) is 22.7 Å². The van der Waals surface area contributed by atoms with Crippen LogP contribution in [0.25, 0.3) is 17.1 Å². The van der Waals surface area contributed by atoms with Crippen LogP contribution in [0.3, 0.4) is 0 Å². The van der Waals surface area contributed by atoms with E-state index in [0.29, 0.717) is 24.1 Å². The quantitative estimate of drug-likeness (QED) is 0.390. The largest absolute Gasteiger partial charge is 0.462 e. The van der Waals surface area contributed by atoms with Gasteiger partial charge < -0.3 is 10.1 Å². The summed E-state index contributed by atoms with van der Waals surface area (Å²) in [6.45, 7) is 2.54. The highest BCUT2D eigenvalue weighted by molar-refractivity contribution is 5.90. The van der Waals surface area contributed by atoms with Crippen molar-refractivity contribution in [3.05, 3.63) is 95.8 Å². The summed E-state index contributed by atoms with van der Waals surface area (Å²) < 4.78 is 44.9.